The molecule has 0 unspecified atom stereocenters. The van der Waals surface area contributed by atoms with Crippen LogP contribution in [0.15, 0.2) is 36.4 Å². The number of amides is 2. The number of hydrogen-bond donors (Lipinski definition) is 1. The number of rotatable bonds is 8. The lowest BCUT2D eigenvalue weighted by Gasteiger charge is -2.36. The molecule has 2 heterocycles. The Balaban J connectivity index is 1.51. The fourth-order valence-electron chi connectivity index (χ4n) is 4.28. The number of methoxy groups -OCH3 is 1. The molecule has 0 saturated carbocycles. The second kappa shape index (κ2) is 11.2. The van der Waals surface area contributed by atoms with Crippen molar-refractivity contribution in [3.8, 4) is 0 Å². The molecule has 3 rings (SSSR count). The highest BCUT2D eigenvalue weighted by Crippen LogP contribution is 2.31. The molecule has 30 heavy (non-hydrogen) atoms. The standard InChI is InChI=1S/C23H32FN3O3/c1-30-15-11-25-22(28)17-26-13-9-19(10-14-26)21-4-2-3-12-27(23(21)29)16-18-5-7-20(24)8-6-18/h2-3,5-8,19,21H,4,9-17H2,1H3,(H,25,28)/t21-/m1/s1. The van der Waals surface area contributed by atoms with Crippen LogP contribution in [0, 0.1) is 17.7 Å². The smallest absolute Gasteiger partial charge is 0.234 e. The summed E-state index contributed by atoms with van der Waals surface area (Å²) in [6.45, 7) is 4.18. The second-order valence-electron chi connectivity index (χ2n) is 8.12. The summed E-state index contributed by atoms with van der Waals surface area (Å²) in [6, 6.07) is 6.35. The van der Waals surface area contributed by atoms with E-state index in [9.17, 15) is 14.0 Å². The average Bonchev–Trinajstić information content (AvgIpc) is 2.92. The highest BCUT2D eigenvalue weighted by Gasteiger charge is 2.34. The normalized spacial score (nSPS) is 20.9. The minimum Gasteiger partial charge on any atom is -0.383 e. The van der Waals surface area contributed by atoms with Crippen molar-refractivity contribution in [2.75, 3.05) is 46.4 Å². The van der Waals surface area contributed by atoms with Gasteiger partial charge in [0.2, 0.25) is 11.8 Å². The van der Waals surface area contributed by atoms with Gasteiger partial charge in [0.25, 0.3) is 0 Å². The van der Waals surface area contributed by atoms with E-state index < -0.39 is 0 Å². The zero-order chi connectivity index (χ0) is 21.3. The largest absolute Gasteiger partial charge is 0.383 e. The molecule has 7 heteroatoms. The van der Waals surface area contributed by atoms with E-state index in [-0.39, 0.29) is 23.5 Å². The molecule has 2 aliphatic rings. The Labute approximate surface area is 178 Å². The van der Waals surface area contributed by atoms with E-state index in [2.05, 4.69) is 22.4 Å². The summed E-state index contributed by atoms with van der Waals surface area (Å²) in [4.78, 5) is 29.3. The minimum atomic E-state index is -0.266. The van der Waals surface area contributed by atoms with Crippen molar-refractivity contribution in [2.45, 2.75) is 25.8 Å². The van der Waals surface area contributed by atoms with E-state index in [0.29, 0.717) is 38.7 Å². The van der Waals surface area contributed by atoms with Crippen molar-refractivity contribution < 1.29 is 18.7 Å². The lowest BCUT2D eigenvalue weighted by atomic mass is 9.81. The summed E-state index contributed by atoms with van der Waals surface area (Å²) in [5, 5.41) is 2.85. The number of nitrogens with one attached hydrogen (secondary N) is 1. The van der Waals surface area contributed by atoms with E-state index in [1.54, 1.807) is 19.2 Å². The molecule has 1 aromatic rings. The van der Waals surface area contributed by atoms with Gasteiger partial charge in [0, 0.05) is 32.7 Å². The number of nitrogens with zero attached hydrogens (tertiary/aromatic N) is 2. The predicted octanol–water partition coefficient (Wildman–Crippen LogP) is 2.21. The maximum absolute atomic E-state index is 13.2. The van der Waals surface area contributed by atoms with Crippen LogP contribution < -0.4 is 5.32 Å². The Morgan fingerprint density at radius 1 is 1.20 bits per heavy atom. The van der Waals surface area contributed by atoms with E-state index in [1.165, 1.54) is 12.1 Å². The first-order chi connectivity index (χ1) is 14.6. The first kappa shape index (κ1) is 22.4. The molecule has 0 aliphatic carbocycles. The molecule has 164 valence electrons. The molecular weight excluding hydrogens is 385 g/mol. The lowest BCUT2D eigenvalue weighted by Crippen LogP contribution is -2.45. The van der Waals surface area contributed by atoms with E-state index in [1.807, 2.05) is 4.90 Å². The Hall–Kier alpha value is -2.25. The maximum atomic E-state index is 13.2. The number of halogens is 1. The van der Waals surface area contributed by atoms with E-state index in [4.69, 9.17) is 4.74 Å². The SMILES string of the molecule is COCCNC(=O)CN1CCC([C@H]2CC=CCN(Cc3ccc(F)cc3)C2=O)CC1. The molecule has 0 spiro atoms. The zero-order valence-corrected chi connectivity index (χ0v) is 17.7. The van der Waals surface area contributed by atoms with Crippen molar-refractivity contribution in [1.29, 1.82) is 0 Å². The molecule has 0 radical (unpaired) electrons. The summed E-state index contributed by atoms with van der Waals surface area (Å²) in [5.74, 6) is 0.230. The fourth-order valence-corrected chi connectivity index (χ4v) is 4.28. The number of carbonyl (C=O) groups excluding carboxylic acids is 2. The van der Waals surface area contributed by atoms with Crippen LogP contribution in [0.2, 0.25) is 0 Å². The van der Waals surface area contributed by atoms with Crippen molar-refractivity contribution in [3.63, 3.8) is 0 Å². The number of hydrogen-bond acceptors (Lipinski definition) is 4. The van der Waals surface area contributed by atoms with Crippen LogP contribution in [0.1, 0.15) is 24.8 Å². The van der Waals surface area contributed by atoms with Crippen LogP contribution in [0.4, 0.5) is 4.39 Å². The molecular formula is C23H32FN3O3. The maximum Gasteiger partial charge on any atom is 0.234 e. The Morgan fingerprint density at radius 2 is 1.93 bits per heavy atom. The predicted molar refractivity (Wildman–Crippen MR) is 113 cm³/mol. The second-order valence-corrected chi connectivity index (χ2v) is 8.12. The van der Waals surface area contributed by atoms with Gasteiger partial charge in [-0.1, -0.05) is 24.3 Å². The summed E-state index contributed by atoms with van der Waals surface area (Å²) < 4.78 is 18.1. The summed E-state index contributed by atoms with van der Waals surface area (Å²) in [6.07, 6.45) is 6.77. The third-order valence-electron chi connectivity index (χ3n) is 5.99. The molecule has 1 saturated heterocycles. The number of carbonyl (C=O) groups is 2. The summed E-state index contributed by atoms with van der Waals surface area (Å²) >= 11 is 0. The Kier molecular flexibility index (Phi) is 8.39. The van der Waals surface area contributed by atoms with Crippen LogP contribution in [0.5, 0.6) is 0 Å². The number of benzene rings is 1. The van der Waals surface area contributed by atoms with Gasteiger partial charge < -0.3 is 15.0 Å². The van der Waals surface area contributed by atoms with Gasteiger partial charge >= 0.3 is 0 Å². The van der Waals surface area contributed by atoms with Crippen LogP contribution in [0.25, 0.3) is 0 Å². The van der Waals surface area contributed by atoms with Crippen molar-refractivity contribution >= 4 is 11.8 Å². The molecule has 2 aliphatic heterocycles. The molecule has 6 nitrogen and oxygen atoms in total. The van der Waals surface area contributed by atoms with Gasteiger partial charge in [0.15, 0.2) is 0 Å². The van der Waals surface area contributed by atoms with Crippen LogP contribution in [-0.2, 0) is 20.9 Å². The average molecular weight is 418 g/mol. The van der Waals surface area contributed by atoms with Crippen molar-refractivity contribution in [3.05, 3.63) is 47.8 Å². The monoisotopic (exact) mass is 417 g/mol. The Morgan fingerprint density at radius 3 is 2.63 bits per heavy atom. The van der Waals surface area contributed by atoms with Crippen molar-refractivity contribution in [1.82, 2.24) is 15.1 Å². The number of ether oxygens (including phenoxy) is 1. The number of likely N-dealkylation sites (tertiary alicyclic amines) is 1. The van der Waals surface area contributed by atoms with E-state index >= 15 is 0 Å². The van der Waals surface area contributed by atoms with Gasteiger partial charge in [-0.3, -0.25) is 14.5 Å². The molecule has 1 fully saturated rings. The van der Waals surface area contributed by atoms with Crippen LogP contribution in [0.3, 0.4) is 0 Å². The highest BCUT2D eigenvalue weighted by molar-refractivity contribution is 5.80. The van der Waals surface area contributed by atoms with Gasteiger partial charge in [-0.05, 0) is 56.0 Å². The van der Waals surface area contributed by atoms with Crippen LogP contribution >= 0.6 is 0 Å². The summed E-state index contributed by atoms with van der Waals surface area (Å²) in [7, 11) is 1.61. The number of piperidine rings is 1. The minimum absolute atomic E-state index is 0.0180. The Bertz CT molecular complexity index is 730. The molecule has 1 N–H and O–H groups in total. The fraction of sp³-hybridized carbons (Fsp3) is 0.565. The molecule has 2 amide bonds. The first-order valence-corrected chi connectivity index (χ1v) is 10.7. The van der Waals surface area contributed by atoms with E-state index in [0.717, 1.165) is 37.9 Å². The zero-order valence-electron chi connectivity index (χ0n) is 17.7. The quantitative estimate of drug-likeness (QED) is 0.520. The highest BCUT2D eigenvalue weighted by atomic mass is 19.1. The molecule has 1 atom stereocenters. The van der Waals surface area contributed by atoms with Gasteiger partial charge in [-0.2, -0.15) is 0 Å². The molecule has 0 aromatic heterocycles. The molecule has 0 bridgehead atoms. The first-order valence-electron chi connectivity index (χ1n) is 10.7. The van der Waals surface area contributed by atoms with Crippen LogP contribution in [-0.4, -0.2) is 68.1 Å². The van der Waals surface area contributed by atoms with Gasteiger partial charge in [0.1, 0.15) is 5.82 Å². The van der Waals surface area contributed by atoms with Gasteiger partial charge in [-0.15, -0.1) is 0 Å². The number of allylic oxidation sites excluding steroid dienone is 1. The summed E-state index contributed by atoms with van der Waals surface area (Å²) in [5.41, 5.74) is 0.938. The van der Waals surface area contributed by atoms with Gasteiger partial charge in [-0.25, -0.2) is 4.39 Å². The lowest BCUT2D eigenvalue weighted by molar-refractivity contribution is -0.138. The molecule has 1 aromatic carbocycles. The van der Waals surface area contributed by atoms with Gasteiger partial charge in [0.05, 0.1) is 13.2 Å². The third-order valence-corrected chi connectivity index (χ3v) is 5.99. The topological polar surface area (TPSA) is 61.9 Å². The third kappa shape index (κ3) is 6.37. The van der Waals surface area contributed by atoms with Crippen molar-refractivity contribution in [2.24, 2.45) is 11.8 Å².